The van der Waals surface area contributed by atoms with Crippen molar-refractivity contribution in [3.8, 4) is 0 Å². The number of anilines is 1. The SMILES string of the molecule is Cc1ccc(C(=O)Nc2cc(Cl)ccc2Cl)c(C)c1. The average Bonchev–Trinajstić information content (AvgIpc) is 2.33. The van der Waals surface area contributed by atoms with Gasteiger partial charge in [0.1, 0.15) is 0 Å². The number of hydrogen-bond donors (Lipinski definition) is 1. The van der Waals surface area contributed by atoms with Gasteiger partial charge in [-0.15, -0.1) is 0 Å². The van der Waals surface area contributed by atoms with E-state index in [-0.39, 0.29) is 5.91 Å². The first kappa shape index (κ1) is 13.9. The van der Waals surface area contributed by atoms with Crippen LogP contribution in [0.15, 0.2) is 36.4 Å². The Bertz CT molecular complexity index is 638. The molecule has 0 unspecified atom stereocenters. The Morgan fingerprint density at radius 3 is 2.47 bits per heavy atom. The molecule has 0 aliphatic carbocycles. The van der Waals surface area contributed by atoms with E-state index in [0.29, 0.717) is 21.3 Å². The Hall–Kier alpha value is -1.51. The summed E-state index contributed by atoms with van der Waals surface area (Å²) in [7, 11) is 0. The van der Waals surface area contributed by atoms with Crippen molar-refractivity contribution in [1.82, 2.24) is 0 Å². The van der Waals surface area contributed by atoms with Gasteiger partial charge >= 0.3 is 0 Å². The fraction of sp³-hybridized carbons (Fsp3) is 0.133. The molecule has 0 radical (unpaired) electrons. The molecule has 0 saturated heterocycles. The van der Waals surface area contributed by atoms with Crippen molar-refractivity contribution in [2.45, 2.75) is 13.8 Å². The highest BCUT2D eigenvalue weighted by Gasteiger charge is 2.11. The first-order valence-corrected chi connectivity index (χ1v) is 6.56. The Kier molecular flexibility index (Phi) is 4.13. The molecule has 19 heavy (non-hydrogen) atoms. The normalized spacial score (nSPS) is 10.3. The molecule has 2 nitrogen and oxygen atoms in total. The monoisotopic (exact) mass is 293 g/mol. The van der Waals surface area contributed by atoms with Gasteiger partial charge < -0.3 is 5.32 Å². The fourth-order valence-corrected chi connectivity index (χ4v) is 2.19. The predicted octanol–water partition coefficient (Wildman–Crippen LogP) is 4.86. The Balaban J connectivity index is 2.28. The lowest BCUT2D eigenvalue weighted by Crippen LogP contribution is -2.13. The summed E-state index contributed by atoms with van der Waals surface area (Å²) in [5.74, 6) is -0.193. The van der Waals surface area contributed by atoms with Crippen LogP contribution in [0.25, 0.3) is 0 Å². The van der Waals surface area contributed by atoms with Crippen LogP contribution in [0, 0.1) is 13.8 Å². The minimum atomic E-state index is -0.193. The lowest BCUT2D eigenvalue weighted by Gasteiger charge is -2.10. The molecule has 0 aliphatic rings. The summed E-state index contributed by atoms with van der Waals surface area (Å²) in [5, 5.41) is 3.76. The average molecular weight is 294 g/mol. The van der Waals surface area contributed by atoms with E-state index in [4.69, 9.17) is 23.2 Å². The number of halogens is 2. The van der Waals surface area contributed by atoms with Crippen LogP contribution in [0.4, 0.5) is 5.69 Å². The maximum absolute atomic E-state index is 12.2. The van der Waals surface area contributed by atoms with E-state index in [1.807, 2.05) is 26.0 Å². The third-order valence-corrected chi connectivity index (χ3v) is 3.37. The van der Waals surface area contributed by atoms with Crippen LogP contribution >= 0.6 is 23.2 Å². The van der Waals surface area contributed by atoms with Gasteiger partial charge in [0.05, 0.1) is 10.7 Å². The van der Waals surface area contributed by atoms with Gasteiger partial charge in [-0.05, 0) is 43.7 Å². The number of benzene rings is 2. The Morgan fingerprint density at radius 1 is 1.05 bits per heavy atom. The second kappa shape index (κ2) is 5.64. The van der Waals surface area contributed by atoms with Crippen molar-refractivity contribution < 1.29 is 4.79 Å². The predicted molar refractivity (Wildman–Crippen MR) is 80.3 cm³/mol. The number of nitrogens with one attached hydrogen (secondary N) is 1. The summed E-state index contributed by atoms with van der Waals surface area (Å²) < 4.78 is 0. The van der Waals surface area contributed by atoms with E-state index in [1.54, 1.807) is 24.3 Å². The molecule has 1 amide bonds. The van der Waals surface area contributed by atoms with Crippen molar-refractivity contribution in [1.29, 1.82) is 0 Å². The molecule has 2 rings (SSSR count). The Morgan fingerprint density at radius 2 is 1.79 bits per heavy atom. The quantitative estimate of drug-likeness (QED) is 0.841. The van der Waals surface area contributed by atoms with Crippen LogP contribution in [-0.4, -0.2) is 5.91 Å². The van der Waals surface area contributed by atoms with Crippen LogP contribution in [0.3, 0.4) is 0 Å². The van der Waals surface area contributed by atoms with Crippen LogP contribution in [0.2, 0.25) is 10.0 Å². The first-order valence-electron chi connectivity index (χ1n) is 5.81. The molecule has 0 atom stereocenters. The molecule has 2 aromatic rings. The zero-order valence-corrected chi connectivity index (χ0v) is 12.1. The molecule has 0 heterocycles. The van der Waals surface area contributed by atoms with Gasteiger partial charge in [-0.25, -0.2) is 0 Å². The van der Waals surface area contributed by atoms with Gasteiger partial charge in [-0.1, -0.05) is 40.9 Å². The van der Waals surface area contributed by atoms with Gasteiger partial charge in [0.2, 0.25) is 0 Å². The second-order valence-corrected chi connectivity index (χ2v) is 5.24. The van der Waals surface area contributed by atoms with Crippen molar-refractivity contribution >= 4 is 34.8 Å². The largest absolute Gasteiger partial charge is 0.321 e. The summed E-state index contributed by atoms with van der Waals surface area (Å²) >= 11 is 11.9. The van der Waals surface area contributed by atoms with Crippen molar-refractivity contribution in [2.24, 2.45) is 0 Å². The highest BCUT2D eigenvalue weighted by molar-refractivity contribution is 6.35. The van der Waals surface area contributed by atoms with E-state index >= 15 is 0 Å². The number of aryl methyl sites for hydroxylation is 2. The smallest absolute Gasteiger partial charge is 0.255 e. The molecule has 1 N–H and O–H groups in total. The molecule has 0 bridgehead atoms. The molecular formula is C15H13Cl2NO. The first-order chi connectivity index (χ1) is 8.97. The standard InChI is InChI=1S/C15H13Cl2NO/c1-9-3-5-12(10(2)7-9)15(19)18-14-8-11(16)4-6-13(14)17/h3-8H,1-2H3,(H,18,19). The topological polar surface area (TPSA) is 29.1 Å². The molecule has 0 aliphatic heterocycles. The van der Waals surface area contributed by atoms with Gasteiger partial charge in [0, 0.05) is 10.6 Å². The lowest BCUT2D eigenvalue weighted by atomic mass is 10.1. The zero-order valence-electron chi connectivity index (χ0n) is 10.6. The number of carbonyl (C=O) groups excluding carboxylic acids is 1. The number of rotatable bonds is 2. The fourth-order valence-electron chi connectivity index (χ4n) is 1.85. The van der Waals surface area contributed by atoms with Gasteiger partial charge in [-0.3, -0.25) is 4.79 Å². The van der Waals surface area contributed by atoms with Crippen LogP contribution in [0.5, 0.6) is 0 Å². The zero-order chi connectivity index (χ0) is 14.0. The van der Waals surface area contributed by atoms with E-state index in [9.17, 15) is 4.79 Å². The third kappa shape index (κ3) is 3.28. The summed E-state index contributed by atoms with van der Waals surface area (Å²) in [6, 6.07) is 10.6. The molecule has 98 valence electrons. The van der Waals surface area contributed by atoms with Crippen LogP contribution in [0.1, 0.15) is 21.5 Å². The molecule has 4 heteroatoms. The second-order valence-electron chi connectivity index (χ2n) is 4.40. The van der Waals surface area contributed by atoms with E-state index < -0.39 is 0 Å². The number of carbonyl (C=O) groups is 1. The third-order valence-electron chi connectivity index (χ3n) is 2.80. The van der Waals surface area contributed by atoms with E-state index in [0.717, 1.165) is 11.1 Å². The number of hydrogen-bond acceptors (Lipinski definition) is 1. The van der Waals surface area contributed by atoms with E-state index in [2.05, 4.69) is 5.32 Å². The van der Waals surface area contributed by atoms with Gasteiger partial charge in [0.15, 0.2) is 0 Å². The summed E-state index contributed by atoms with van der Waals surface area (Å²) in [6.45, 7) is 3.89. The highest BCUT2D eigenvalue weighted by atomic mass is 35.5. The van der Waals surface area contributed by atoms with Gasteiger partial charge in [0.25, 0.3) is 5.91 Å². The number of amides is 1. The highest BCUT2D eigenvalue weighted by Crippen LogP contribution is 2.26. The van der Waals surface area contributed by atoms with Crippen molar-refractivity contribution in [2.75, 3.05) is 5.32 Å². The molecule has 0 saturated carbocycles. The maximum Gasteiger partial charge on any atom is 0.255 e. The summed E-state index contributed by atoms with van der Waals surface area (Å²) in [4.78, 5) is 12.2. The molecular weight excluding hydrogens is 281 g/mol. The molecule has 0 aromatic heterocycles. The van der Waals surface area contributed by atoms with Crippen LogP contribution in [-0.2, 0) is 0 Å². The summed E-state index contributed by atoms with van der Waals surface area (Å²) in [5.41, 5.74) is 3.19. The summed E-state index contributed by atoms with van der Waals surface area (Å²) in [6.07, 6.45) is 0. The van der Waals surface area contributed by atoms with E-state index in [1.165, 1.54) is 0 Å². The minimum Gasteiger partial charge on any atom is -0.321 e. The maximum atomic E-state index is 12.2. The molecule has 0 spiro atoms. The van der Waals surface area contributed by atoms with Gasteiger partial charge in [-0.2, -0.15) is 0 Å². The Labute approximate surface area is 122 Å². The van der Waals surface area contributed by atoms with Crippen molar-refractivity contribution in [3.05, 3.63) is 63.1 Å². The van der Waals surface area contributed by atoms with Crippen molar-refractivity contribution in [3.63, 3.8) is 0 Å². The minimum absolute atomic E-state index is 0.193. The molecule has 2 aromatic carbocycles. The van der Waals surface area contributed by atoms with Crippen LogP contribution < -0.4 is 5.32 Å². The molecule has 0 fully saturated rings. The lowest BCUT2D eigenvalue weighted by molar-refractivity contribution is 0.102.